The fraction of sp³-hybridized carbons (Fsp3) is 0.300. The highest BCUT2D eigenvalue weighted by Gasteiger charge is 2.30. The third-order valence-corrected chi connectivity index (χ3v) is 6.05. The van der Waals surface area contributed by atoms with Crippen LogP contribution in [0.5, 0.6) is 0 Å². The SMILES string of the molecule is CC(C)(C)OC(=O)CCC(NC(=O)OCC1c2ccccc2-c2ccccc21)C(=O)Nc1ccccc1. The molecule has 3 aromatic carbocycles. The topological polar surface area (TPSA) is 93.7 Å². The van der Waals surface area contributed by atoms with Crippen LogP contribution in [0, 0.1) is 0 Å². The van der Waals surface area contributed by atoms with E-state index >= 15 is 0 Å². The van der Waals surface area contributed by atoms with E-state index < -0.39 is 29.6 Å². The van der Waals surface area contributed by atoms with Crippen LogP contribution in [0.25, 0.3) is 11.1 Å². The van der Waals surface area contributed by atoms with Crippen LogP contribution < -0.4 is 10.6 Å². The number of hydrogen-bond acceptors (Lipinski definition) is 5. The van der Waals surface area contributed by atoms with Crippen molar-refractivity contribution >= 4 is 23.7 Å². The van der Waals surface area contributed by atoms with Gasteiger partial charge in [-0.1, -0.05) is 66.7 Å². The van der Waals surface area contributed by atoms with Crippen molar-refractivity contribution in [2.75, 3.05) is 11.9 Å². The van der Waals surface area contributed by atoms with Gasteiger partial charge in [0.15, 0.2) is 0 Å². The van der Waals surface area contributed by atoms with Crippen LogP contribution in [-0.4, -0.2) is 36.2 Å². The number of fused-ring (bicyclic) bond motifs is 3. The largest absolute Gasteiger partial charge is 0.460 e. The number of carbonyl (C=O) groups is 3. The third kappa shape index (κ3) is 6.76. The second-order valence-electron chi connectivity index (χ2n) is 10.0. The number of hydrogen-bond donors (Lipinski definition) is 2. The Bertz CT molecular complexity index is 1220. The summed E-state index contributed by atoms with van der Waals surface area (Å²) in [6.07, 6.45) is -0.690. The monoisotopic (exact) mass is 500 g/mol. The third-order valence-electron chi connectivity index (χ3n) is 6.05. The molecule has 1 aliphatic carbocycles. The van der Waals surface area contributed by atoms with E-state index in [2.05, 4.69) is 22.8 Å². The van der Waals surface area contributed by atoms with Gasteiger partial charge in [0, 0.05) is 18.0 Å². The fourth-order valence-electron chi connectivity index (χ4n) is 4.46. The second-order valence-corrected chi connectivity index (χ2v) is 10.0. The van der Waals surface area contributed by atoms with Gasteiger partial charge in [-0.15, -0.1) is 0 Å². The Morgan fingerprint density at radius 2 is 1.41 bits per heavy atom. The normalized spacial score (nSPS) is 13.2. The van der Waals surface area contributed by atoms with Crippen molar-refractivity contribution in [2.24, 2.45) is 0 Å². The van der Waals surface area contributed by atoms with Crippen molar-refractivity contribution < 1.29 is 23.9 Å². The Kier molecular flexibility index (Phi) is 7.92. The molecule has 2 amide bonds. The van der Waals surface area contributed by atoms with Gasteiger partial charge in [-0.25, -0.2) is 4.79 Å². The van der Waals surface area contributed by atoms with Gasteiger partial charge >= 0.3 is 12.1 Å². The summed E-state index contributed by atoms with van der Waals surface area (Å²) in [5.74, 6) is -0.987. The summed E-state index contributed by atoms with van der Waals surface area (Å²) in [4.78, 5) is 38.1. The lowest BCUT2D eigenvalue weighted by atomic mass is 9.98. The van der Waals surface area contributed by atoms with Crippen LogP contribution in [0.15, 0.2) is 78.9 Å². The molecule has 0 radical (unpaired) electrons. The minimum atomic E-state index is -0.983. The number of ether oxygens (including phenoxy) is 2. The molecule has 1 aliphatic rings. The smallest absolute Gasteiger partial charge is 0.407 e. The molecule has 0 aliphatic heterocycles. The molecule has 192 valence electrons. The molecule has 0 saturated heterocycles. The Morgan fingerprint density at radius 1 is 0.838 bits per heavy atom. The molecular formula is C30H32N2O5. The molecule has 0 heterocycles. The molecule has 7 heteroatoms. The molecule has 7 nitrogen and oxygen atoms in total. The number of alkyl carbamates (subject to hydrolysis) is 1. The molecule has 0 saturated carbocycles. The summed E-state index contributed by atoms with van der Waals surface area (Å²) in [7, 11) is 0. The highest BCUT2D eigenvalue weighted by atomic mass is 16.6. The van der Waals surface area contributed by atoms with E-state index in [9.17, 15) is 14.4 Å². The van der Waals surface area contributed by atoms with Gasteiger partial charge in [-0.05, 0) is 61.6 Å². The zero-order valence-corrected chi connectivity index (χ0v) is 21.3. The lowest BCUT2D eigenvalue weighted by Crippen LogP contribution is -2.44. The van der Waals surface area contributed by atoms with E-state index in [4.69, 9.17) is 9.47 Å². The quantitative estimate of drug-likeness (QED) is 0.390. The Hall–Kier alpha value is -4.13. The van der Waals surface area contributed by atoms with Gasteiger partial charge in [0.25, 0.3) is 0 Å². The fourth-order valence-corrected chi connectivity index (χ4v) is 4.46. The summed E-state index contributed by atoms with van der Waals surface area (Å²) >= 11 is 0. The van der Waals surface area contributed by atoms with Crippen LogP contribution >= 0.6 is 0 Å². The van der Waals surface area contributed by atoms with E-state index in [0.717, 1.165) is 22.3 Å². The number of carbonyl (C=O) groups excluding carboxylic acids is 3. The zero-order chi connectivity index (χ0) is 26.4. The number of esters is 1. The molecule has 3 aromatic rings. The highest BCUT2D eigenvalue weighted by molar-refractivity contribution is 5.96. The lowest BCUT2D eigenvalue weighted by molar-refractivity contribution is -0.155. The molecule has 4 rings (SSSR count). The van der Waals surface area contributed by atoms with E-state index in [1.165, 1.54) is 0 Å². The summed E-state index contributed by atoms with van der Waals surface area (Å²) in [6.45, 7) is 5.46. The summed E-state index contributed by atoms with van der Waals surface area (Å²) < 4.78 is 11.0. The average Bonchev–Trinajstić information content (AvgIpc) is 3.18. The first kappa shape index (κ1) is 25.9. The molecule has 37 heavy (non-hydrogen) atoms. The summed E-state index contributed by atoms with van der Waals surface area (Å²) in [6, 6.07) is 24.1. The molecule has 0 spiro atoms. The molecule has 0 aromatic heterocycles. The predicted octanol–water partition coefficient (Wildman–Crippen LogP) is 5.65. The predicted molar refractivity (Wildman–Crippen MR) is 142 cm³/mol. The lowest BCUT2D eigenvalue weighted by Gasteiger charge is -2.22. The number of rotatable bonds is 8. The van der Waals surface area contributed by atoms with Crippen LogP contribution in [0.3, 0.4) is 0 Å². The number of anilines is 1. The van der Waals surface area contributed by atoms with Gasteiger partial charge in [0.1, 0.15) is 18.2 Å². The van der Waals surface area contributed by atoms with Crippen LogP contribution in [0.1, 0.15) is 50.7 Å². The van der Waals surface area contributed by atoms with Gasteiger partial charge in [-0.3, -0.25) is 9.59 Å². The number of para-hydroxylation sites is 1. The number of amides is 2. The Balaban J connectivity index is 1.42. The van der Waals surface area contributed by atoms with Crippen molar-refractivity contribution in [1.29, 1.82) is 0 Å². The Labute approximate surface area is 217 Å². The first-order valence-corrected chi connectivity index (χ1v) is 12.4. The van der Waals surface area contributed by atoms with E-state index in [1.807, 2.05) is 42.5 Å². The van der Waals surface area contributed by atoms with E-state index in [-0.39, 0.29) is 25.4 Å². The molecule has 2 N–H and O–H groups in total. The summed E-state index contributed by atoms with van der Waals surface area (Å²) in [5.41, 5.74) is 4.40. The van der Waals surface area contributed by atoms with Crippen molar-refractivity contribution in [2.45, 2.75) is 51.2 Å². The molecular weight excluding hydrogens is 468 g/mol. The van der Waals surface area contributed by atoms with Gasteiger partial charge < -0.3 is 20.1 Å². The number of nitrogens with one attached hydrogen (secondary N) is 2. The van der Waals surface area contributed by atoms with Crippen molar-refractivity contribution in [3.8, 4) is 11.1 Å². The van der Waals surface area contributed by atoms with Crippen molar-refractivity contribution in [3.63, 3.8) is 0 Å². The van der Waals surface area contributed by atoms with E-state index in [1.54, 1.807) is 45.0 Å². The molecule has 1 unspecified atom stereocenters. The highest BCUT2D eigenvalue weighted by Crippen LogP contribution is 2.44. The Morgan fingerprint density at radius 3 is 2.00 bits per heavy atom. The van der Waals surface area contributed by atoms with Gasteiger partial charge in [-0.2, -0.15) is 0 Å². The minimum absolute atomic E-state index is 0.0339. The molecule has 0 bridgehead atoms. The molecule has 1 atom stereocenters. The zero-order valence-electron chi connectivity index (χ0n) is 21.3. The summed E-state index contributed by atoms with van der Waals surface area (Å²) in [5, 5.41) is 5.43. The van der Waals surface area contributed by atoms with Gasteiger partial charge in [0.2, 0.25) is 5.91 Å². The average molecular weight is 501 g/mol. The maximum atomic E-state index is 13.0. The minimum Gasteiger partial charge on any atom is -0.460 e. The second kappa shape index (κ2) is 11.3. The van der Waals surface area contributed by atoms with Gasteiger partial charge in [0.05, 0.1) is 0 Å². The first-order valence-electron chi connectivity index (χ1n) is 12.4. The maximum Gasteiger partial charge on any atom is 0.407 e. The standard InChI is InChI=1S/C30H32N2O5/c1-30(2,3)37-27(33)18-17-26(28(34)31-20-11-5-4-6-12-20)32-29(35)36-19-25-23-15-9-7-13-21(23)22-14-8-10-16-24(22)25/h4-16,25-26H,17-19H2,1-3H3,(H,31,34)(H,32,35). The van der Waals surface area contributed by atoms with Crippen molar-refractivity contribution in [1.82, 2.24) is 5.32 Å². The van der Waals surface area contributed by atoms with Crippen molar-refractivity contribution in [3.05, 3.63) is 90.0 Å². The van der Waals surface area contributed by atoms with E-state index in [0.29, 0.717) is 5.69 Å². The van der Waals surface area contributed by atoms with Crippen LogP contribution in [0.4, 0.5) is 10.5 Å². The van der Waals surface area contributed by atoms with Crippen LogP contribution in [-0.2, 0) is 19.1 Å². The molecule has 0 fully saturated rings. The number of benzene rings is 3. The van der Waals surface area contributed by atoms with Crippen LogP contribution in [0.2, 0.25) is 0 Å². The maximum absolute atomic E-state index is 13.0. The first-order chi connectivity index (χ1) is 17.7.